The molecule has 1 aliphatic heterocycles. The third-order valence-corrected chi connectivity index (χ3v) is 3.63. The van der Waals surface area contributed by atoms with Crippen LogP contribution in [0.5, 0.6) is 0 Å². The number of morpholine rings is 1. The van der Waals surface area contributed by atoms with Gasteiger partial charge in [0.05, 0.1) is 12.7 Å². The number of anilines is 1. The van der Waals surface area contributed by atoms with Crippen molar-refractivity contribution in [2.45, 2.75) is 13.0 Å². The van der Waals surface area contributed by atoms with Gasteiger partial charge in [-0.3, -0.25) is 9.78 Å². The summed E-state index contributed by atoms with van der Waals surface area (Å²) in [5.41, 5.74) is 3.32. The topological polar surface area (TPSA) is 63.2 Å². The Morgan fingerprint density at radius 2 is 2.14 bits per heavy atom. The Bertz CT molecular complexity index is 649. The number of nitrogens with one attached hydrogen (secondary N) is 2. The Labute approximate surface area is 129 Å². The molecule has 5 heteroatoms. The monoisotopic (exact) mass is 297 g/mol. The van der Waals surface area contributed by atoms with Crippen LogP contribution in [0.25, 0.3) is 0 Å². The summed E-state index contributed by atoms with van der Waals surface area (Å²) in [5, 5.41) is 6.20. The van der Waals surface area contributed by atoms with E-state index in [4.69, 9.17) is 4.74 Å². The second-order valence-corrected chi connectivity index (χ2v) is 5.33. The molecule has 5 nitrogen and oxygen atoms in total. The van der Waals surface area contributed by atoms with Gasteiger partial charge in [-0.05, 0) is 36.8 Å². The second-order valence-electron chi connectivity index (χ2n) is 5.33. The van der Waals surface area contributed by atoms with Crippen molar-refractivity contribution < 1.29 is 9.53 Å². The van der Waals surface area contributed by atoms with Crippen LogP contribution in [0.2, 0.25) is 0 Å². The molecule has 1 saturated heterocycles. The highest BCUT2D eigenvalue weighted by molar-refractivity contribution is 6.04. The molecule has 2 heterocycles. The molecule has 1 aliphatic rings. The van der Waals surface area contributed by atoms with Crippen LogP contribution in [0.15, 0.2) is 42.6 Å². The van der Waals surface area contributed by atoms with Crippen LogP contribution in [-0.2, 0) is 4.74 Å². The Kier molecular flexibility index (Phi) is 4.46. The third-order valence-electron chi connectivity index (χ3n) is 3.63. The summed E-state index contributed by atoms with van der Waals surface area (Å²) in [6.07, 6.45) is 1.72. The highest BCUT2D eigenvalue weighted by Crippen LogP contribution is 2.21. The van der Waals surface area contributed by atoms with Crippen molar-refractivity contribution in [3.05, 3.63) is 59.4 Å². The molecule has 0 radical (unpaired) electrons. The van der Waals surface area contributed by atoms with E-state index in [-0.39, 0.29) is 12.0 Å². The molecule has 0 spiro atoms. The fourth-order valence-electron chi connectivity index (χ4n) is 2.45. The molecule has 1 fully saturated rings. The summed E-state index contributed by atoms with van der Waals surface area (Å²) in [6.45, 7) is 4.31. The summed E-state index contributed by atoms with van der Waals surface area (Å²) < 4.78 is 5.71. The highest BCUT2D eigenvalue weighted by Gasteiger charge is 2.15. The van der Waals surface area contributed by atoms with E-state index in [1.54, 1.807) is 18.3 Å². The van der Waals surface area contributed by atoms with Gasteiger partial charge >= 0.3 is 0 Å². The fourth-order valence-corrected chi connectivity index (χ4v) is 2.45. The van der Waals surface area contributed by atoms with Gasteiger partial charge in [0.15, 0.2) is 0 Å². The Balaban J connectivity index is 1.66. The molecule has 114 valence electrons. The average Bonchev–Trinajstić information content (AvgIpc) is 2.56. The number of benzene rings is 1. The van der Waals surface area contributed by atoms with Crippen molar-refractivity contribution in [1.82, 2.24) is 10.3 Å². The minimum atomic E-state index is -0.131. The molecule has 1 aromatic heterocycles. The van der Waals surface area contributed by atoms with Gasteiger partial charge in [0.1, 0.15) is 0 Å². The first-order chi connectivity index (χ1) is 10.7. The number of rotatable bonds is 3. The maximum absolute atomic E-state index is 12.2. The van der Waals surface area contributed by atoms with Crippen molar-refractivity contribution in [3.63, 3.8) is 0 Å². The molecule has 1 atom stereocenters. The number of nitrogens with zero attached hydrogens (tertiary/aromatic N) is 1. The number of pyridine rings is 1. The molecule has 0 unspecified atom stereocenters. The number of hydrogen-bond donors (Lipinski definition) is 2. The van der Waals surface area contributed by atoms with Crippen molar-refractivity contribution >= 4 is 11.6 Å². The molecule has 2 N–H and O–H groups in total. The summed E-state index contributed by atoms with van der Waals surface area (Å²) in [7, 11) is 0. The molecule has 2 aromatic rings. The Morgan fingerprint density at radius 3 is 2.82 bits per heavy atom. The van der Waals surface area contributed by atoms with Crippen molar-refractivity contribution in [2.75, 3.05) is 25.0 Å². The van der Waals surface area contributed by atoms with Crippen molar-refractivity contribution in [1.29, 1.82) is 0 Å². The largest absolute Gasteiger partial charge is 0.371 e. The SMILES string of the molecule is Cc1cc(C(=O)Nc2ccc([C@H]3CNCCO3)cc2)ccn1. The number of aromatic nitrogens is 1. The number of ether oxygens (including phenoxy) is 1. The van der Waals surface area contributed by atoms with E-state index in [1.807, 2.05) is 31.2 Å². The second kappa shape index (κ2) is 6.68. The van der Waals surface area contributed by atoms with Gasteiger partial charge in [-0.25, -0.2) is 0 Å². The summed E-state index contributed by atoms with van der Waals surface area (Å²) in [6, 6.07) is 11.3. The number of carbonyl (C=O) groups is 1. The summed E-state index contributed by atoms with van der Waals surface area (Å²) >= 11 is 0. The molecule has 22 heavy (non-hydrogen) atoms. The summed E-state index contributed by atoms with van der Waals surface area (Å²) in [4.78, 5) is 16.3. The van der Waals surface area contributed by atoms with Gasteiger partial charge in [0.25, 0.3) is 5.91 Å². The van der Waals surface area contributed by atoms with Crippen LogP contribution in [0, 0.1) is 6.92 Å². The van der Waals surface area contributed by atoms with E-state index in [0.29, 0.717) is 5.56 Å². The maximum atomic E-state index is 12.2. The smallest absolute Gasteiger partial charge is 0.255 e. The lowest BCUT2D eigenvalue weighted by atomic mass is 10.1. The lowest BCUT2D eigenvalue weighted by Crippen LogP contribution is -2.33. The van der Waals surface area contributed by atoms with Gasteiger partial charge in [-0.1, -0.05) is 12.1 Å². The van der Waals surface area contributed by atoms with Crippen LogP contribution in [0.1, 0.15) is 27.7 Å². The van der Waals surface area contributed by atoms with Gasteiger partial charge < -0.3 is 15.4 Å². The molecule has 1 aromatic carbocycles. The molecular formula is C17H19N3O2. The number of aryl methyl sites for hydroxylation is 1. The van der Waals surface area contributed by atoms with E-state index in [1.165, 1.54) is 0 Å². The first-order valence-corrected chi connectivity index (χ1v) is 7.39. The fraction of sp³-hybridized carbons (Fsp3) is 0.294. The minimum absolute atomic E-state index is 0.0846. The van der Waals surface area contributed by atoms with Gasteiger partial charge in [0, 0.05) is 36.2 Å². The van der Waals surface area contributed by atoms with Crippen molar-refractivity contribution in [2.24, 2.45) is 0 Å². The summed E-state index contributed by atoms with van der Waals surface area (Å²) in [5.74, 6) is -0.131. The first kappa shape index (κ1) is 14.7. The molecule has 1 amide bonds. The normalized spacial score (nSPS) is 18.0. The standard InChI is InChI=1S/C17H19N3O2/c1-12-10-14(6-7-19-12)17(21)20-15-4-2-13(3-5-15)16-11-18-8-9-22-16/h2-7,10,16,18H,8-9,11H2,1H3,(H,20,21)/t16-/m1/s1. The molecule has 0 saturated carbocycles. The van der Waals surface area contributed by atoms with E-state index in [9.17, 15) is 4.79 Å². The average molecular weight is 297 g/mol. The van der Waals surface area contributed by atoms with E-state index in [2.05, 4.69) is 15.6 Å². The van der Waals surface area contributed by atoms with E-state index >= 15 is 0 Å². The molecular weight excluding hydrogens is 278 g/mol. The van der Waals surface area contributed by atoms with E-state index < -0.39 is 0 Å². The predicted molar refractivity (Wildman–Crippen MR) is 84.9 cm³/mol. The maximum Gasteiger partial charge on any atom is 0.255 e. The zero-order valence-electron chi connectivity index (χ0n) is 12.5. The lowest BCUT2D eigenvalue weighted by molar-refractivity contribution is 0.0277. The predicted octanol–water partition coefficient (Wildman–Crippen LogP) is 2.30. The Morgan fingerprint density at radius 1 is 1.32 bits per heavy atom. The van der Waals surface area contributed by atoms with Crippen LogP contribution in [-0.4, -0.2) is 30.6 Å². The van der Waals surface area contributed by atoms with E-state index in [0.717, 1.165) is 36.6 Å². The van der Waals surface area contributed by atoms with Crippen LogP contribution < -0.4 is 10.6 Å². The minimum Gasteiger partial charge on any atom is -0.371 e. The van der Waals surface area contributed by atoms with Crippen LogP contribution >= 0.6 is 0 Å². The van der Waals surface area contributed by atoms with Crippen molar-refractivity contribution in [3.8, 4) is 0 Å². The van der Waals surface area contributed by atoms with Gasteiger partial charge in [-0.2, -0.15) is 0 Å². The highest BCUT2D eigenvalue weighted by atomic mass is 16.5. The van der Waals surface area contributed by atoms with Crippen LogP contribution in [0.3, 0.4) is 0 Å². The quantitative estimate of drug-likeness (QED) is 0.912. The van der Waals surface area contributed by atoms with Crippen LogP contribution in [0.4, 0.5) is 5.69 Å². The lowest BCUT2D eigenvalue weighted by Gasteiger charge is -2.24. The van der Waals surface area contributed by atoms with Gasteiger partial charge in [-0.15, -0.1) is 0 Å². The number of amides is 1. The number of carbonyl (C=O) groups excluding carboxylic acids is 1. The molecule has 0 aliphatic carbocycles. The number of hydrogen-bond acceptors (Lipinski definition) is 4. The first-order valence-electron chi connectivity index (χ1n) is 7.39. The third kappa shape index (κ3) is 3.50. The molecule has 3 rings (SSSR count). The Hall–Kier alpha value is -2.24. The zero-order chi connectivity index (χ0) is 15.4. The zero-order valence-corrected chi connectivity index (χ0v) is 12.5. The molecule has 0 bridgehead atoms. The van der Waals surface area contributed by atoms with Gasteiger partial charge in [0.2, 0.25) is 0 Å².